The molecule has 1 aromatic rings. The number of amides is 2. The van der Waals surface area contributed by atoms with E-state index in [1.165, 1.54) is 6.07 Å². The van der Waals surface area contributed by atoms with Crippen molar-refractivity contribution >= 4 is 17.7 Å². The van der Waals surface area contributed by atoms with Crippen molar-refractivity contribution in [2.45, 2.75) is 19.4 Å². The van der Waals surface area contributed by atoms with E-state index in [-0.39, 0.29) is 16.8 Å². The Labute approximate surface area is 122 Å². The highest BCUT2D eigenvalue weighted by Crippen LogP contribution is 2.17. The van der Waals surface area contributed by atoms with Crippen molar-refractivity contribution in [1.82, 2.24) is 10.2 Å². The molecule has 6 nitrogen and oxygen atoms in total. The number of rotatable bonds is 5. The normalized spacial score (nSPS) is 11.3. The average Bonchev–Trinajstić information content (AvgIpc) is 2.38. The minimum Gasteiger partial charge on any atom is -0.478 e. The number of anilines is 1. The van der Waals surface area contributed by atoms with Crippen LogP contribution in [0.2, 0.25) is 0 Å². The van der Waals surface area contributed by atoms with E-state index < -0.39 is 17.8 Å². The Morgan fingerprint density at radius 1 is 1.33 bits per heavy atom. The molecule has 1 aromatic carbocycles. The Morgan fingerprint density at radius 2 is 1.95 bits per heavy atom. The summed E-state index contributed by atoms with van der Waals surface area (Å²) in [5, 5.41) is 14.1. The van der Waals surface area contributed by atoms with Gasteiger partial charge < -0.3 is 20.6 Å². The second-order valence-electron chi connectivity index (χ2n) is 5.51. The molecule has 0 aliphatic heterocycles. The van der Waals surface area contributed by atoms with Crippen molar-refractivity contribution in [2.75, 3.05) is 26.0 Å². The third kappa shape index (κ3) is 4.71. The molecule has 0 saturated carbocycles. The lowest BCUT2D eigenvalue weighted by Gasteiger charge is -2.32. The van der Waals surface area contributed by atoms with Gasteiger partial charge in [0, 0.05) is 12.1 Å². The number of urea groups is 1. The molecule has 0 atom stereocenters. The van der Waals surface area contributed by atoms with Gasteiger partial charge in [-0.05, 0) is 46.1 Å². The van der Waals surface area contributed by atoms with Gasteiger partial charge in [-0.25, -0.2) is 14.0 Å². The van der Waals surface area contributed by atoms with E-state index in [4.69, 9.17) is 5.11 Å². The fourth-order valence-corrected chi connectivity index (χ4v) is 1.42. The molecule has 116 valence electrons. The summed E-state index contributed by atoms with van der Waals surface area (Å²) in [4.78, 5) is 24.8. The lowest BCUT2D eigenvalue weighted by molar-refractivity contribution is 0.0697. The minimum atomic E-state index is -1.31. The van der Waals surface area contributed by atoms with Gasteiger partial charge in [-0.1, -0.05) is 0 Å². The summed E-state index contributed by atoms with van der Waals surface area (Å²) in [6, 6.07) is 2.63. The van der Waals surface area contributed by atoms with Gasteiger partial charge in [0.2, 0.25) is 0 Å². The molecule has 0 heterocycles. The molecular formula is C14H20FN3O3. The van der Waals surface area contributed by atoms with Crippen LogP contribution < -0.4 is 10.6 Å². The number of nitrogens with one attached hydrogen (secondary N) is 2. The van der Waals surface area contributed by atoms with Gasteiger partial charge in [0.25, 0.3) is 0 Å². The van der Waals surface area contributed by atoms with Crippen molar-refractivity contribution in [3.63, 3.8) is 0 Å². The zero-order valence-electron chi connectivity index (χ0n) is 12.5. The SMILES string of the molecule is CN(C)C(C)(C)CNC(=O)Nc1ccc(F)cc1C(=O)O. The number of carboxylic acid groups (broad SMARTS) is 1. The highest BCUT2D eigenvalue weighted by molar-refractivity contribution is 5.99. The van der Waals surface area contributed by atoms with Crippen LogP contribution in [0.15, 0.2) is 18.2 Å². The van der Waals surface area contributed by atoms with Crippen LogP contribution in [0.5, 0.6) is 0 Å². The maximum atomic E-state index is 13.0. The van der Waals surface area contributed by atoms with E-state index in [0.29, 0.717) is 6.54 Å². The topological polar surface area (TPSA) is 81.7 Å². The lowest BCUT2D eigenvalue weighted by Crippen LogP contribution is -2.49. The van der Waals surface area contributed by atoms with Gasteiger partial charge in [0.05, 0.1) is 11.3 Å². The maximum Gasteiger partial charge on any atom is 0.337 e. The Hall–Kier alpha value is -2.15. The summed E-state index contributed by atoms with van der Waals surface area (Å²) in [5.41, 5.74) is -0.503. The number of likely N-dealkylation sites (N-methyl/N-ethyl adjacent to an activating group) is 1. The summed E-state index contributed by atoms with van der Waals surface area (Å²) in [7, 11) is 3.78. The first-order valence-electron chi connectivity index (χ1n) is 6.38. The first-order valence-corrected chi connectivity index (χ1v) is 6.38. The smallest absolute Gasteiger partial charge is 0.337 e. The molecule has 21 heavy (non-hydrogen) atoms. The molecule has 0 aliphatic carbocycles. The second-order valence-corrected chi connectivity index (χ2v) is 5.51. The maximum absolute atomic E-state index is 13.0. The quantitative estimate of drug-likeness (QED) is 0.776. The molecule has 2 amide bonds. The number of halogens is 1. The van der Waals surface area contributed by atoms with Crippen LogP contribution in [0.3, 0.4) is 0 Å². The average molecular weight is 297 g/mol. The minimum absolute atomic E-state index is 0.0454. The van der Waals surface area contributed by atoms with Crippen molar-refractivity contribution in [2.24, 2.45) is 0 Å². The number of hydrogen-bond donors (Lipinski definition) is 3. The lowest BCUT2D eigenvalue weighted by atomic mass is 10.0. The molecule has 3 N–H and O–H groups in total. The number of nitrogens with zero attached hydrogens (tertiary/aromatic N) is 1. The first kappa shape index (κ1) is 16.9. The van der Waals surface area contributed by atoms with Gasteiger partial charge in [-0.3, -0.25) is 0 Å². The number of carbonyl (C=O) groups excluding carboxylic acids is 1. The Balaban J connectivity index is 2.74. The van der Waals surface area contributed by atoms with Gasteiger partial charge in [0.1, 0.15) is 5.82 Å². The van der Waals surface area contributed by atoms with E-state index in [0.717, 1.165) is 12.1 Å². The zero-order valence-corrected chi connectivity index (χ0v) is 12.5. The standard InChI is InChI=1S/C14H20FN3O3/c1-14(2,18(3)4)8-16-13(21)17-11-6-5-9(15)7-10(11)12(19)20/h5-7H,8H2,1-4H3,(H,19,20)(H2,16,17,21). The molecule has 1 rings (SSSR count). The van der Waals surface area contributed by atoms with E-state index in [1.807, 2.05) is 32.8 Å². The van der Waals surface area contributed by atoms with Gasteiger partial charge >= 0.3 is 12.0 Å². The van der Waals surface area contributed by atoms with Crippen LogP contribution in [-0.4, -0.2) is 48.2 Å². The third-order valence-corrected chi connectivity index (χ3v) is 3.35. The van der Waals surface area contributed by atoms with Crippen LogP contribution in [0.4, 0.5) is 14.9 Å². The monoisotopic (exact) mass is 297 g/mol. The van der Waals surface area contributed by atoms with E-state index in [2.05, 4.69) is 10.6 Å². The predicted octanol–water partition coefficient (Wildman–Crippen LogP) is 1.99. The van der Waals surface area contributed by atoms with E-state index >= 15 is 0 Å². The van der Waals surface area contributed by atoms with Crippen molar-refractivity contribution in [1.29, 1.82) is 0 Å². The van der Waals surface area contributed by atoms with Crippen molar-refractivity contribution < 1.29 is 19.1 Å². The molecule has 0 saturated heterocycles. The Morgan fingerprint density at radius 3 is 2.48 bits per heavy atom. The number of aromatic carboxylic acids is 1. The molecule has 0 radical (unpaired) electrons. The fourth-order valence-electron chi connectivity index (χ4n) is 1.42. The Bertz CT molecular complexity index is 544. The largest absolute Gasteiger partial charge is 0.478 e. The number of carbonyl (C=O) groups is 2. The van der Waals surface area contributed by atoms with Crippen molar-refractivity contribution in [3.05, 3.63) is 29.6 Å². The molecule has 0 fully saturated rings. The van der Waals surface area contributed by atoms with Crippen LogP contribution in [0.1, 0.15) is 24.2 Å². The molecule has 7 heteroatoms. The van der Waals surface area contributed by atoms with E-state index in [9.17, 15) is 14.0 Å². The summed E-state index contributed by atoms with van der Waals surface area (Å²) in [5.74, 6) is -1.98. The third-order valence-electron chi connectivity index (χ3n) is 3.35. The summed E-state index contributed by atoms with van der Waals surface area (Å²) < 4.78 is 13.0. The van der Waals surface area contributed by atoms with Gasteiger partial charge in [-0.15, -0.1) is 0 Å². The summed E-state index contributed by atoms with van der Waals surface area (Å²) in [6.45, 7) is 4.27. The van der Waals surface area contributed by atoms with Crippen LogP contribution >= 0.6 is 0 Å². The second kappa shape index (κ2) is 6.53. The number of hydrogen-bond acceptors (Lipinski definition) is 3. The van der Waals surface area contributed by atoms with E-state index in [1.54, 1.807) is 0 Å². The fraction of sp³-hybridized carbons (Fsp3) is 0.429. The molecule has 0 spiro atoms. The van der Waals surface area contributed by atoms with Crippen LogP contribution in [0.25, 0.3) is 0 Å². The molecule has 0 bridgehead atoms. The number of benzene rings is 1. The summed E-state index contributed by atoms with van der Waals surface area (Å²) >= 11 is 0. The highest BCUT2D eigenvalue weighted by Gasteiger charge is 2.21. The summed E-state index contributed by atoms with van der Waals surface area (Å²) in [6.07, 6.45) is 0. The predicted molar refractivity (Wildman–Crippen MR) is 78.1 cm³/mol. The Kier molecular flexibility index (Phi) is 5.26. The molecular weight excluding hydrogens is 277 g/mol. The van der Waals surface area contributed by atoms with Gasteiger partial charge in [-0.2, -0.15) is 0 Å². The molecule has 0 aromatic heterocycles. The van der Waals surface area contributed by atoms with Crippen LogP contribution in [0, 0.1) is 5.82 Å². The molecule has 0 aliphatic rings. The van der Waals surface area contributed by atoms with Gasteiger partial charge in [0.15, 0.2) is 0 Å². The highest BCUT2D eigenvalue weighted by atomic mass is 19.1. The van der Waals surface area contributed by atoms with Crippen LogP contribution in [-0.2, 0) is 0 Å². The first-order chi connectivity index (χ1) is 9.63. The zero-order chi connectivity index (χ0) is 16.2. The number of carboxylic acids is 1. The molecule has 0 unspecified atom stereocenters. The van der Waals surface area contributed by atoms with Crippen molar-refractivity contribution in [3.8, 4) is 0 Å².